The summed E-state index contributed by atoms with van der Waals surface area (Å²) in [5.41, 5.74) is 3.35. The maximum atomic E-state index is 3.92. The molecule has 1 atom stereocenters. The Balaban J connectivity index is 2.13. The third kappa shape index (κ3) is 2.80. The molecule has 1 aliphatic rings. The lowest BCUT2D eigenvalue weighted by Crippen LogP contribution is -2.15. The second kappa shape index (κ2) is 5.08. The van der Waals surface area contributed by atoms with Crippen molar-refractivity contribution in [1.29, 1.82) is 0 Å². The van der Waals surface area contributed by atoms with Gasteiger partial charge >= 0.3 is 0 Å². The second-order valence-corrected chi connectivity index (χ2v) is 5.96. The van der Waals surface area contributed by atoms with Crippen molar-refractivity contribution >= 4 is 6.08 Å². The molecule has 1 aromatic carbocycles. The van der Waals surface area contributed by atoms with Gasteiger partial charge in [0.1, 0.15) is 0 Å². The van der Waals surface area contributed by atoms with Gasteiger partial charge in [-0.15, -0.1) is 0 Å². The van der Waals surface area contributed by atoms with E-state index in [9.17, 15) is 0 Å². The topological polar surface area (TPSA) is 0 Å². The van der Waals surface area contributed by atoms with E-state index in [2.05, 4.69) is 44.7 Å². The Morgan fingerprint density at radius 1 is 1.29 bits per heavy atom. The van der Waals surface area contributed by atoms with E-state index in [0.29, 0.717) is 11.3 Å². The second-order valence-electron chi connectivity index (χ2n) is 5.96. The van der Waals surface area contributed by atoms with E-state index in [1.807, 2.05) is 6.08 Å². The summed E-state index contributed by atoms with van der Waals surface area (Å²) in [6, 6.07) is 8.69. The third-order valence-electron chi connectivity index (χ3n) is 4.36. The first-order valence-electron chi connectivity index (χ1n) is 6.86. The molecule has 92 valence electrons. The first-order valence-corrected chi connectivity index (χ1v) is 6.86. The number of hydrogen-bond acceptors (Lipinski definition) is 0. The van der Waals surface area contributed by atoms with E-state index in [1.165, 1.54) is 43.2 Å². The SMILES string of the molecule is C=Cc1ccccc1C(C)CC1(C)CCCC1. The smallest absolute Gasteiger partial charge is 0.0179 e. The van der Waals surface area contributed by atoms with Crippen molar-refractivity contribution < 1.29 is 0 Å². The standard InChI is InChI=1S/C17H24/c1-4-15-9-5-6-10-16(15)14(2)13-17(3)11-7-8-12-17/h4-6,9-10,14H,1,7-8,11-13H2,2-3H3. The molecule has 0 bridgehead atoms. The van der Waals surface area contributed by atoms with E-state index in [1.54, 1.807) is 0 Å². The molecule has 0 aliphatic heterocycles. The van der Waals surface area contributed by atoms with Crippen molar-refractivity contribution in [1.82, 2.24) is 0 Å². The number of rotatable bonds is 4. The summed E-state index contributed by atoms with van der Waals surface area (Å²) in [7, 11) is 0. The van der Waals surface area contributed by atoms with Gasteiger partial charge in [-0.05, 0) is 41.7 Å². The predicted octanol–water partition coefficient (Wildman–Crippen LogP) is 5.40. The van der Waals surface area contributed by atoms with Crippen LogP contribution in [0.3, 0.4) is 0 Å². The summed E-state index contributed by atoms with van der Waals surface area (Å²) in [6.07, 6.45) is 8.97. The molecule has 17 heavy (non-hydrogen) atoms. The highest BCUT2D eigenvalue weighted by atomic mass is 14.4. The fraction of sp³-hybridized carbons (Fsp3) is 0.529. The summed E-state index contributed by atoms with van der Waals surface area (Å²) < 4.78 is 0. The predicted molar refractivity (Wildman–Crippen MR) is 76.1 cm³/mol. The highest BCUT2D eigenvalue weighted by molar-refractivity contribution is 5.52. The molecule has 0 N–H and O–H groups in total. The monoisotopic (exact) mass is 228 g/mol. The minimum absolute atomic E-state index is 0.577. The molecule has 0 nitrogen and oxygen atoms in total. The van der Waals surface area contributed by atoms with Gasteiger partial charge in [0.15, 0.2) is 0 Å². The highest BCUT2D eigenvalue weighted by Gasteiger charge is 2.30. The summed E-state index contributed by atoms with van der Waals surface area (Å²) >= 11 is 0. The molecule has 1 aliphatic carbocycles. The van der Waals surface area contributed by atoms with Crippen LogP contribution in [0.1, 0.15) is 63.0 Å². The lowest BCUT2D eigenvalue weighted by atomic mass is 9.77. The van der Waals surface area contributed by atoms with Crippen LogP contribution in [0.5, 0.6) is 0 Å². The van der Waals surface area contributed by atoms with Gasteiger partial charge in [0.25, 0.3) is 0 Å². The lowest BCUT2D eigenvalue weighted by Gasteiger charge is -2.28. The van der Waals surface area contributed by atoms with Crippen LogP contribution in [0.2, 0.25) is 0 Å². The van der Waals surface area contributed by atoms with Crippen molar-refractivity contribution in [2.45, 2.75) is 51.9 Å². The Bertz CT molecular complexity index is 383. The lowest BCUT2D eigenvalue weighted by molar-refractivity contribution is 0.287. The Kier molecular flexibility index (Phi) is 3.71. The molecule has 0 radical (unpaired) electrons. The third-order valence-corrected chi connectivity index (χ3v) is 4.36. The largest absolute Gasteiger partial charge is 0.0985 e. The van der Waals surface area contributed by atoms with Gasteiger partial charge in [0, 0.05) is 0 Å². The first-order chi connectivity index (χ1) is 8.14. The molecule has 0 heteroatoms. The number of benzene rings is 1. The maximum Gasteiger partial charge on any atom is -0.0179 e. The normalized spacial score (nSPS) is 20.1. The molecule has 2 rings (SSSR count). The molecule has 0 spiro atoms. The van der Waals surface area contributed by atoms with Crippen LogP contribution in [0.4, 0.5) is 0 Å². The van der Waals surface area contributed by atoms with Crippen molar-refractivity contribution in [2.75, 3.05) is 0 Å². The minimum atomic E-state index is 0.577. The quantitative estimate of drug-likeness (QED) is 0.647. The van der Waals surface area contributed by atoms with Crippen molar-refractivity contribution in [3.8, 4) is 0 Å². The van der Waals surface area contributed by atoms with Crippen LogP contribution in [0, 0.1) is 5.41 Å². The van der Waals surface area contributed by atoms with Crippen molar-refractivity contribution in [3.05, 3.63) is 42.0 Å². The van der Waals surface area contributed by atoms with E-state index in [0.717, 1.165) is 0 Å². The zero-order valence-corrected chi connectivity index (χ0v) is 11.2. The summed E-state index contributed by atoms with van der Waals surface area (Å²) in [5, 5.41) is 0. The van der Waals surface area contributed by atoms with E-state index < -0.39 is 0 Å². The van der Waals surface area contributed by atoms with Crippen LogP contribution in [-0.2, 0) is 0 Å². The van der Waals surface area contributed by atoms with Gasteiger partial charge in [-0.2, -0.15) is 0 Å². The molecule has 0 saturated heterocycles. The average Bonchev–Trinajstić information content (AvgIpc) is 2.75. The van der Waals surface area contributed by atoms with Crippen LogP contribution in [-0.4, -0.2) is 0 Å². The molecule has 0 heterocycles. The first kappa shape index (κ1) is 12.4. The van der Waals surface area contributed by atoms with Crippen LogP contribution in [0.25, 0.3) is 6.08 Å². The minimum Gasteiger partial charge on any atom is -0.0985 e. The van der Waals surface area contributed by atoms with Crippen molar-refractivity contribution in [2.24, 2.45) is 5.41 Å². The Labute approximate surface area is 106 Å². The molecule has 0 amide bonds. The summed E-state index contributed by atoms with van der Waals surface area (Å²) in [6.45, 7) is 8.76. The maximum absolute atomic E-state index is 3.92. The fourth-order valence-corrected chi connectivity index (χ4v) is 3.43. The molecule has 1 unspecified atom stereocenters. The zero-order valence-electron chi connectivity index (χ0n) is 11.2. The molecule has 0 aromatic heterocycles. The molecule has 1 fully saturated rings. The Morgan fingerprint density at radius 2 is 1.94 bits per heavy atom. The highest BCUT2D eigenvalue weighted by Crippen LogP contribution is 2.45. The van der Waals surface area contributed by atoms with E-state index in [4.69, 9.17) is 0 Å². The molecule has 1 saturated carbocycles. The zero-order chi connectivity index (χ0) is 12.3. The fourth-order valence-electron chi connectivity index (χ4n) is 3.43. The van der Waals surface area contributed by atoms with Gasteiger partial charge in [0.2, 0.25) is 0 Å². The van der Waals surface area contributed by atoms with E-state index in [-0.39, 0.29) is 0 Å². The summed E-state index contributed by atoms with van der Waals surface area (Å²) in [4.78, 5) is 0. The molecule has 1 aromatic rings. The van der Waals surface area contributed by atoms with Gasteiger partial charge < -0.3 is 0 Å². The van der Waals surface area contributed by atoms with Gasteiger partial charge in [0.05, 0.1) is 0 Å². The molecular weight excluding hydrogens is 204 g/mol. The van der Waals surface area contributed by atoms with Crippen LogP contribution in [0.15, 0.2) is 30.8 Å². The van der Waals surface area contributed by atoms with Crippen LogP contribution >= 0.6 is 0 Å². The van der Waals surface area contributed by atoms with Crippen LogP contribution < -0.4 is 0 Å². The summed E-state index contributed by atoms with van der Waals surface area (Å²) in [5.74, 6) is 0.646. The Morgan fingerprint density at radius 3 is 2.59 bits per heavy atom. The van der Waals surface area contributed by atoms with E-state index >= 15 is 0 Å². The number of hydrogen-bond donors (Lipinski definition) is 0. The van der Waals surface area contributed by atoms with Gasteiger partial charge in [-0.1, -0.05) is 63.6 Å². The van der Waals surface area contributed by atoms with Crippen molar-refractivity contribution in [3.63, 3.8) is 0 Å². The van der Waals surface area contributed by atoms with Gasteiger partial charge in [-0.3, -0.25) is 0 Å². The average molecular weight is 228 g/mol. The Hall–Kier alpha value is -1.04. The molecular formula is C17H24. The van der Waals surface area contributed by atoms with Gasteiger partial charge in [-0.25, -0.2) is 0 Å².